The van der Waals surface area contributed by atoms with Crippen LogP contribution in [-0.2, 0) is 9.59 Å². The van der Waals surface area contributed by atoms with E-state index in [4.69, 9.17) is 19.0 Å². The monoisotopic (exact) mass is 436 g/mol. The molecule has 0 bridgehead atoms. The van der Waals surface area contributed by atoms with Gasteiger partial charge in [-0.15, -0.1) is 0 Å². The fraction of sp³-hybridized carbons (Fsp3) is 0.118. The molecule has 0 saturated heterocycles. The van der Waals surface area contributed by atoms with Crippen molar-refractivity contribution in [2.75, 3.05) is 13.3 Å². The van der Waals surface area contributed by atoms with Gasteiger partial charge in [0, 0.05) is 0 Å². The van der Waals surface area contributed by atoms with E-state index in [9.17, 15) is 14.4 Å². The van der Waals surface area contributed by atoms with Crippen LogP contribution >= 0.6 is 15.9 Å². The summed E-state index contributed by atoms with van der Waals surface area (Å²) < 4.78 is 16.0. The smallest absolute Gasteiger partial charge is 0.322 e. The molecule has 140 valence electrons. The predicted octanol–water partition coefficient (Wildman–Crippen LogP) is 1.74. The number of aliphatic carboxylic acids is 1. The van der Waals surface area contributed by atoms with Crippen LogP contribution in [0.4, 0.5) is 0 Å². The van der Waals surface area contributed by atoms with E-state index in [0.717, 1.165) is 0 Å². The highest BCUT2D eigenvalue weighted by atomic mass is 79.9. The average Bonchev–Trinajstić information content (AvgIpc) is 3.27. The summed E-state index contributed by atoms with van der Waals surface area (Å²) in [6, 6.07) is 7.90. The zero-order valence-electron chi connectivity index (χ0n) is 13.7. The van der Waals surface area contributed by atoms with Crippen molar-refractivity contribution in [3.63, 3.8) is 0 Å². The number of hydrogen-bond donors (Lipinski definition) is 3. The Kier molecular flexibility index (Phi) is 5.46. The number of benzene rings is 1. The summed E-state index contributed by atoms with van der Waals surface area (Å²) in [6.45, 7) is -0.502. The normalized spacial score (nSPS) is 12.6. The highest BCUT2D eigenvalue weighted by Gasteiger charge is 2.19. The SMILES string of the molecule is O=C(O)CNC(=O)/C(=C\c1ccc2c(c1)OCO2)NC(=O)c1ccc(Br)o1. The van der Waals surface area contributed by atoms with Crippen molar-refractivity contribution >= 4 is 39.8 Å². The Morgan fingerprint density at radius 2 is 1.93 bits per heavy atom. The Morgan fingerprint density at radius 1 is 1.15 bits per heavy atom. The van der Waals surface area contributed by atoms with Crippen LogP contribution in [0, 0.1) is 0 Å². The van der Waals surface area contributed by atoms with Crippen LogP contribution in [0.15, 0.2) is 45.1 Å². The molecule has 1 aliphatic rings. The molecule has 0 radical (unpaired) electrons. The van der Waals surface area contributed by atoms with Crippen molar-refractivity contribution in [3.8, 4) is 11.5 Å². The Morgan fingerprint density at radius 3 is 2.63 bits per heavy atom. The molecule has 2 heterocycles. The molecule has 0 fully saturated rings. The maximum atomic E-state index is 12.3. The zero-order chi connectivity index (χ0) is 19.4. The van der Waals surface area contributed by atoms with E-state index in [-0.39, 0.29) is 18.3 Å². The molecule has 3 N–H and O–H groups in total. The fourth-order valence-corrected chi connectivity index (χ4v) is 2.51. The highest BCUT2D eigenvalue weighted by Crippen LogP contribution is 2.33. The number of rotatable bonds is 6. The van der Waals surface area contributed by atoms with E-state index in [2.05, 4.69) is 26.6 Å². The maximum absolute atomic E-state index is 12.3. The Bertz CT molecular complexity index is 935. The van der Waals surface area contributed by atoms with E-state index >= 15 is 0 Å². The number of carbonyl (C=O) groups is 3. The van der Waals surface area contributed by atoms with Gasteiger partial charge in [-0.05, 0) is 51.8 Å². The lowest BCUT2D eigenvalue weighted by molar-refractivity contribution is -0.137. The van der Waals surface area contributed by atoms with Gasteiger partial charge < -0.3 is 29.6 Å². The van der Waals surface area contributed by atoms with Crippen molar-refractivity contribution in [2.24, 2.45) is 0 Å². The summed E-state index contributed by atoms with van der Waals surface area (Å²) >= 11 is 3.09. The first-order valence-electron chi connectivity index (χ1n) is 7.60. The van der Waals surface area contributed by atoms with Gasteiger partial charge in [0.1, 0.15) is 12.2 Å². The molecule has 3 rings (SSSR count). The number of carbonyl (C=O) groups excluding carboxylic acids is 2. The van der Waals surface area contributed by atoms with Crippen molar-refractivity contribution < 1.29 is 33.4 Å². The largest absolute Gasteiger partial charge is 0.480 e. The molecule has 0 unspecified atom stereocenters. The van der Waals surface area contributed by atoms with Gasteiger partial charge in [-0.2, -0.15) is 0 Å². The first-order chi connectivity index (χ1) is 12.9. The van der Waals surface area contributed by atoms with Gasteiger partial charge in [-0.3, -0.25) is 14.4 Å². The van der Waals surface area contributed by atoms with Crippen LogP contribution < -0.4 is 20.1 Å². The van der Waals surface area contributed by atoms with E-state index < -0.39 is 24.3 Å². The number of carboxylic acids is 1. The summed E-state index contributed by atoms with van der Waals surface area (Å²) in [6.07, 6.45) is 1.38. The molecule has 0 aliphatic carbocycles. The molecule has 2 aromatic rings. The molecule has 10 heteroatoms. The lowest BCUT2D eigenvalue weighted by atomic mass is 10.1. The number of fused-ring (bicyclic) bond motifs is 1. The second-order valence-electron chi connectivity index (χ2n) is 5.31. The van der Waals surface area contributed by atoms with E-state index in [1.165, 1.54) is 18.2 Å². The second-order valence-corrected chi connectivity index (χ2v) is 6.09. The minimum absolute atomic E-state index is 0.0236. The fourth-order valence-electron chi connectivity index (χ4n) is 2.20. The van der Waals surface area contributed by atoms with Crippen LogP contribution in [0.2, 0.25) is 0 Å². The first kappa shape index (κ1) is 18.5. The van der Waals surface area contributed by atoms with Gasteiger partial charge in [0.2, 0.25) is 6.79 Å². The van der Waals surface area contributed by atoms with E-state index in [1.54, 1.807) is 18.2 Å². The third-order valence-electron chi connectivity index (χ3n) is 3.40. The minimum Gasteiger partial charge on any atom is -0.480 e. The summed E-state index contributed by atoms with van der Waals surface area (Å²) in [5.74, 6) is -1.62. The van der Waals surface area contributed by atoms with Crippen LogP contribution in [0.1, 0.15) is 16.1 Å². The predicted molar refractivity (Wildman–Crippen MR) is 95.1 cm³/mol. The zero-order valence-corrected chi connectivity index (χ0v) is 15.2. The van der Waals surface area contributed by atoms with Crippen molar-refractivity contribution in [3.05, 3.63) is 52.0 Å². The first-order valence-corrected chi connectivity index (χ1v) is 8.39. The second kappa shape index (κ2) is 7.96. The summed E-state index contributed by atoms with van der Waals surface area (Å²) in [7, 11) is 0. The lowest BCUT2D eigenvalue weighted by Crippen LogP contribution is -2.37. The number of hydrogen-bond acceptors (Lipinski definition) is 6. The molecule has 2 amide bonds. The molecule has 1 aromatic heterocycles. The molecule has 0 atom stereocenters. The number of furan rings is 1. The quantitative estimate of drug-likeness (QED) is 0.588. The van der Waals surface area contributed by atoms with Crippen molar-refractivity contribution in [1.82, 2.24) is 10.6 Å². The maximum Gasteiger partial charge on any atom is 0.322 e. The Labute approximate surface area is 161 Å². The van der Waals surface area contributed by atoms with Gasteiger partial charge in [-0.25, -0.2) is 0 Å². The van der Waals surface area contributed by atoms with Gasteiger partial charge in [0.05, 0.1) is 0 Å². The average molecular weight is 437 g/mol. The standard InChI is InChI=1S/C17H13BrN2O7/c18-14-4-3-12(27-14)17(24)20-10(16(23)19-7-15(21)22)5-9-1-2-11-13(6-9)26-8-25-11/h1-6H,7-8H2,(H,19,23)(H,20,24)(H,21,22)/b10-5+. The minimum atomic E-state index is -1.22. The van der Waals surface area contributed by atoms with Crippen LogP contribution in [0.5, 0.6) is 11.5 Å². The summed E-state index contributed by atoms with van der Waals surface area (Å²) in [4.78, 5) is 35.3. The molecule has 1 aliphatic heterocycles. The molecule has 9 nitrogen and oxygen atoms in total. The molecular formula is C17H13BrN2O7. The van der Waals surface area contributed by atoms with Crippen molar-refractivity contribution in [1.29, 1.82) is 0 Å². The topological polar surface area (TPSA) is 127 Å². The molecular weight excluding hydrogens is 424 g/mol. The van der Waals surface area contributed by atoms with Crippen molar-refractivity contribution in [2.45, 2.75) is 0 Å². The molecule has 0 saturated carbocycles. The molecule has 27 heavy (non-hydrogen) atoms. The summed E-state index contributed by atoms with van der Waals surface area (Å²) in [5.41, 5.74) is 0.383. The van der Waals surface area contributed by atoms with Crippen LogP contribution in [-0.4, -0.2) is 36.2 Å². The van der Waals surface area contributed by atoms with Gasteiger partial charge in [0.25, 0.3) is 11.8 Å². The lowest BCUT2D eigenvalue weighted by Gasteiger charge is -2.09. The highest BCUT2D eigenvalue weighted by molar-refractivity contribution is 9.10. The van der Waals surface area contributed by atoms with Crippen LogP contribution in [0.25, 0.3) is 6.08 Å². The summed E-state index contributed by atoms with van der Waals surface area (Å²) in [5, 5.41) is 13.3. The van der Waals surface area contributed by atoms with Crippen LogP contribution in [0.3, 0.4) is 0 Å². The van der Waals surface area contributed by atoms with E-state index in [0.29, 0.717) is 21.7 Å². The molecule has 1 aromatic carbocycles. The Hall–Kier alpha value is -3.27. The third kappa shape index (κ3) is 4.67. The van der Waals surface area contributed by atoms with Gasteiger partial charge in [-0.1, -0.05) is 6.07 Å². The van der Waals surface area contributed by atoms with E-state index in [1.807, 2.05) is 0 Å². The number of amides is 2. The molecule has 0 spiro atoms. The number of carboxylic acid groups (broad SMARTS) is 1. The van der Waals surface area contributed by atoms with Gasteiger partial charge >= 0.3 is 5.97 Å². The number of halogens is 1. The third-order valence-corrected chi connectivity index (χ3v) is 3.82. The number of ether oxygens (including phenoxy) is 2. The number of nitrogens with one attached hydrogen (secondary N) is 2. The van der Waals surface area contributed by atoms with Gasteiger partial charge in [0.15, 0.2) is 21.9 Å². The Balaban J connectivity index is 1.85.